The van der Waals surface area contributed by atoms with Crippen molar-refractivity contribution in [3.63, 3.8) is 0 Å². The number of rotatable bonds is 7. The highest BCUT2D eigenvalue weighted by Crippen LogP contribution is 2.49. The molecule has 2 saturated heterocycles. The largest absolute Gasteiger partial charge is 0.451 e. The van der Waals surface area contributed by atoms with Gasteiger partial charge in [-0.15, -0.1) is 0 Å². The molecule has 1 aromatic carbocycles. The van der Waals surface area contributed by atoms with Crippen LogP contribution in [0.1, 0.15) is 48.6 Å². The zero-order valence-corrected chi connectivity index (χ0v) is 26.3. The van der Waals surface area contributed by atoms with Gasteiger partial charge in [-0.25, -0.2) is 14.4 Å². The molecule has 0 aliphatic carbocycles. The predicted molar refractivity (Wildman–Crippen MR) is 164 cm³/mol. The zero-order chi connectivity index (χ0) is 33.2. The van der Waals surface area contributed by atoms with Crippen molar-refractivity contribution >= 4 is 22.6 Å². The van der Waals surface area contributed by atoms with E-state index in [9.17, 15) is 13.2 Å². The quantitative estimate of drug-likeness (QED) is 0.205. The molecule has 0 bridgehead atoms. The SMILES string of the molecule is C[C@]1(c2ccc(Cl)cn2)Oc2cccc(C3CCN(Cc4nc5cc(-c6n[nH]c(C(F)(F)F)n6)ncc5n4C[C@@H]4CCO4)CC3F)c2O1. The summed E-state index contributed by atoms with van der Waals surface area (Å²) in [7, 11) is 0. The number of imidazole rings is 1. The van der Waals surface area contributed by atoms with Gasteiger partial charge in [0.25, 0.3) is 5.79 Å². The summed E-state index contributed by atoms with van der Waals surface area (Å²) in [6.07, 6.45) is -1.37. The number of piperidine rings is 1. The molecular formula is C32H29ClF4N8O3. The van der Waals surface area contributed by atoms with Gasteiger partial charge in [0, 0.05) is 37.8 Å². The monoisotopic (exact) mass is 684 g/mol. The third kappa shape index (κ3) is 5.62. The standard InChI is InChI=1S/C32H29ClF4N8O3/c1-31(26-6-5-17(33)12-39-26)47-25-4-2-3-20(28(25)48-31)19-7-9-44(15-21(19)34)16-27-40-22-11-23(29-41-30(43-42-29)32(35,36)37)38-13-24(22)45(27)14-18-8-10-46-18/h2-6,11-13,18-19,21H,7-10,14-16H2,1H3,(H,41,42,43)/t18-,19?,21?,31-/m0/s1. The third-order valence-electron chi connectivity index (χ3n) is 9.07. The molecule has 0 amide bonds. The fraction of sp³-hybridized carbons (Fsp3) is 0.406. The molecule has 0 radical (unpaired) electrons. The smallest absolute Gasteiger partial charge is 0.443 e. The Balaban J connectivity index is 1.02. The molecule has 4 aromatic heterocycles. The van der Waals surface area contributed by atoms with Gasteiger partial charge in [-0.3, -0.25) is 20.0 Å². The van der Waals surface area contributed by atoms with Gasteiger partial charge >= 0.3 is 6.18 Å². The predicted octanol–water partition coefficient (Wildman–Crippen LogP) is 6.04. The number of ether oxygens (including phenoxy) is 3. The van der Waals surface area contributed by atoms with Gasteiger partial charge < -0.3 is 18.8 Å². The number of likely N-dealkylation sites (tertiary alicyclic amines) is 1. The molecule has 1 N–H and O–H groups in total. The Hall–Kier alpha value is -4.34. The molecule has 3 aliphatic heterocycles. The van der Waals surface area contributed by atoms with E-state index < -0.39 is 29.9 Å². The second kappa shape index (κ2) is 11.7. The number of pyridine rings is 2. The minimum absolute atomic E-state index is 0.000936. The van der Waals surface area contributed by atoms with Gasteiger partial charge in [-0.1, -0.05) is 23.7 Å². The van der Waals surface area contributed by atoms with Gasteiger partial charge in [0.2, 0.25) is 5.82 Å². The zero-order valence-electron chi connectivity index (χ0n) is 25.5. The first-order valence-electron chi connectivity index (χ1n) is 15.5. The van der Waals surface area contributed by atoms with Crippen LogP contribution in [0.3, 0.4) is 0 Å². The Morgan fingerprint density at radius 3 is 2.65 bits per heavy atom. The number of halogens is 5. The topological polar surface area (TPSA) is 116 Å². The molecule has 4 atom stereocenters. The molecule has 250 valence electrons. The lowest BCUT2D eigenvalue weighted by molar-refractivity contribution is -0.144. The van der Waals surface area contributed by atoms with Gasteiger partial charge in [-0.2, -0.15) is 18.3 Å². The second-order valence-corrected chi connectivity index (χ2v) is 12.8. The van der Waals surface area contributed by atoms with Gasteiger partial charge in [0.05, 0.1) is 41.4 Å². The Morgan fingerprint density at radius 2 is 1.94 bits per heavy atom. The minimum atomic E-state index is -4.66. The van der Waals surface area contributed by atoms with Crippen LogP contribution < -0.4 is 9.47 Å². The van der Waals surface area contributed by atoms with E-state index in [1.807, 2.05) is 26.7 Å². The number of hydrogen-bond donors (Lipinski definition) is 1. The van der Waals surface area contributed by atoms with Crippen LogP contribution in [0.5, 0.6) is 11.5 Å². The number of benzene rings is 1. The molecule has 48 heavy (non-hydrogen) atoms. The van der Waals surface area contributed by atoms with E-state index in [1.165, 1.54) is 6.20 Å². The number of aromatic nitrogens is 7. The molecule has 2 fully saturated rings. The molecular weight excluding hydrogens is 656 g/mol. The average molecular weight is 685 g/mol. The summed E-state index contributed by atoms with van der Waals surface area (Å²) in [4.78, 5) is 19.1. The summed E-state index contributed by atoms with van der Waals surface area (Å²) in [6, 6.07) is 10.5. The second-order valence-electron chi connectivity index (χ2n) is 12.3. The number of alkyl halides is 4. The summed E-state index contributed by atoms with van der Waals surface area (Å²) in [5.41, 5.74) is 2.66. The van der Waals surface area contributed by atoms with Crippen molar-refractivity contribution in [3.05, 3.63) is 76.7 Å². The number of H-pyrrole nitrogens is 1. The van der Waals surface area contributed by atoms with Crippen LogP contribution in [-0.2, 0) is 29.8 Å². The van der Waals surface area contributed by atoms with Crippen molar-refractivity contribution in [2.45, 2.75) is 63.0 Å². The molecule has 3 aliphatic rings. The molecule has 7 heterocycles. The van der Waals surface area contributed by atoms with Gasteiger partial charge in [0.15, 0.2) is 17.3 Å². The van der Waals surface area contributed by atoms with Crippen molar-refractivity contribution in [1.29, 1.82) is 0 Å². The fourth-order valence-corrected chi connectivity index (χ4v) is 6.62. The van der Waals surface area contributed by atoms with Crippen LogP contribution in [0.25, 0.3) is 22.6 Å². The van der Waals surface area contributed by atoms with Crippen molar-refractivity contribution < 1.29 is 31.8 Å². The molecule has 2 unspecified atom stereocenters. The van der Waals surface area contributed by atoms with E-state index in [0.29, 0.717) is 71.7 Å². The Kier molecular flexibility index (Phi) is 7.53. The van der Waals surface area contributed by atoms with Crippen LogP contribution >= 0.6 is 11.6 Å². The summed E-state index contributed by atoms with van der Waals surface area (Å²) < 4.78 is 75.6. The summed E-state index contributed by atoms with van der Waals surface area (Å²) >= 11 is 6.02. The van der Waals surface area contributed by atoms with Crippen molar-refractivity contribution in [2.24, 2.45) is 0 Å². The number of fused-ring (bicyclic) bond motifs is 2. The highest BCUT2D eigenvalue weighted by molar-refractivity contribution is 6.30. The number of para-hydroxylation sites is 1. The van der Waals surface area contributed by atoms with E-state index in [-0.39, 0.29) is 24.2 Å². The van der Waals surface area contributed by atoms with Crippen molar-refractivity contribution in [2.75, 3.05) is 19.7 Å². The fourth-order valence-electron chi connectivity index (χ4n) is 6.51. The summed E-state index contributed by atoms with van der Waals surface area (Å²) in [5.74, 6) is -1.27. The van der Waals surface area contributed by atoms with Crippen LogP contribution in [0, 0.1) is 0 Å². The first kappa shape index (κ1) is 31.0. The Morgan fingerprint density at radius 1 is 1.08 bits per heavy atom. The third-order valence-corrected chi connectivity index (χ3v) is 9.29. The van der Waals surface area contributed by atoms with Gasteiger partial charge in [0.1, 0.15) is 23.4 Å². The Bertz CT molecular complexity index is 1980. The lowest BCUT2D eigenvalue weighted by Crippen LogP contribution is -2.41. The van der Waals surface area contributed by atoms with E-state index >= 15 is 4.39 Å². The average Bonchev–Trinajstić information content (AvgIpc) is 3.75. The van der Waals surface area contributed by atoms with E-state index in [0.717, 1.165) is 12.0 Å². The van der Waals surface area contributed by atoms with Crippen LogP contribution in [0.4, 0.5) is 17.6 Å². The summed E-state index contributed by atoms with van der Waals surface area (Å²) in [6.45, 7) is 4.08. The lowest BCUT2D eigenvalue weighted by Gasteiger charge is -2.35. The number of nitrogens with one attached hydrogen (secondary N) is 1. The maximum absolute atomic E-state index is 16.1. The highest BCUT2D eigenvalue weighted by atomic mass is 35.5. The number of aromatic amines is 1. The van der Waals surface area contributed by atoms with Crippen LogP contribution in [-0.4, -0.2) is 71.6 Å². The maximum atomic E-state index is 16.1. The van der Waals surface area contributed by atoms with E-state index in [2.05, 4.69) is 20.1 Å². The van der Waals surface area contributed by atoms with E-state index in [1.54, 1.807) is 37.4 Å². The normalized spacial score (nSPS) is 24.2. The first-order chi connectivity index (χ1) is 23.0. The molecule has 8 rings (SSSR count). The molecule has 16 heteroatoms. The Labute approximate surface area is 276 Å². The van der Waals surface area contributed by atoms with Crippen molar-refractivity contribution in [3.8, 4) is 23.0 Å². The van der Waals surface area contributed by atoms with Crippen molar-refractivity contribution in [1.82, 2.24) is 39.6 Å². The molecule has 0 saturated carbocycles. The highest BCUT2D eigenvalue weighted by Gasteiger charge is 2.44. The van der Waals surface area contributed by atoms with E-state index in [4.69, 9.17) is 30.8 Å². The van der Waals surface area contributed by atoms with Crippen LogP contribution in [0.2, 0.25) is 5.02 Å². The molecule has 0 spiro atoms. The first-order valence-corrected chi connectivity index (χ1v) is 15.9. The maximum Gasteiger partial charge on any atom is 0.451 e. The minimum Gasteiger partial charge on any atom is -0.443 e. The molecule has 11 nitrogen and oxygen atoms in total. The summed E-state index contributed by atoms with van der Waals surface area (Å²) in [5, 5.41) is 6.11. The van der Waals surface area contributed by atoms with Crippen LogP contribution in [0.15, 0.2) is 48.8 Å². The lowest BCUT2D eigenvalue weighted by atomic mass is 9.87. The number of hydrogen-bond acceptors (Lipinski definition) is 9. The molecule has 5 aromatic rings. The number of nitrogens with zero attached hydrogens (tertiary/aromatic N) is 7. The van der Waals surface area contributed by atoms with Gasteiger partial charge in [-0.05, 0) is 43.7 Å².